The lowest BCUT2D eigenvalue weighted by Gasteiger charge is -2.32. The number of rotatable bonds is 1. The van der Waals surface area contributed by atoms with Crippen LogP contribution >= 0.6 is 0 Å². The van der Waals surface area contributed by atoms with Crippen LogP contribution in [-0.4, -0.2) is 18.5 Å². The number of hydrogen-bond acceptors (Lipinski definition) is 2. The van der Waals surface area contributed by atoms with Crippen LogP contribution in [0.4, 0.5) is 11.4 Å². The molecule has 0 spiro atoms. The van der Waals surface area contributed by atoms with E-state index in [2.05, 4.69) is 23.2 Å². The molecule has 0 unspecified atom stereocenters. The molecule has 3 rings (SSSR count). The summed E-state index contributed by atoms with van der Waals surface area (Å²) in [4.78, 5) is 13.8. The van der Waals surface area contributed by atoms with Crippen LogP contribution in [0.3, 0.4) is 0 Å². The SMILES string of the molecule is Cc1cccc2c1N(C1CC1)CC(=O)N2. The average molecular weight is 202 g/mol. The molecule has 1 aromatic carbocycles. The summed E-state index contributed by atoms with van der Waals surface area (Å²) in [5, 5.41) is 2.93. The monoisotopic (exact) mass is 202 g/mol. The normalized spacial score (nSPS) is 19.8. The van der Waals surface area contributed by atoms with Crippen LogP contribution in [-0.2, 0) is 4.79 Å². The standard InChI is InChI=1S/C12H14N2O/c1-8-3-2-4-10-12(8)14(9-5-6-9)7-11(15)13-10/h2-4,9H,5-7H2,1H3,(H,13,15). The summed E-state index contributed by atoms with van der Waals surface area (Å²) in [6, 6.07) is 6.67. The van der Waals surface area contributed by atoms with Crippen molar-refractivity contribution in [3.8, 4) is 0 Å². The predicted molar refractivity (Wildman–Crippen MR) is 60.2 cm³/mol. The minimum atomic E-state index is 0.111. The molecule has 0 saturated heterocycles. The maximum Gasteiger partial charge on any atom is 0.243 e. The summed E-state index contributed by atoms with van der Waals surface area (Å²) in [5.74, 6) is 0.111. The van der Waals surface area contributed by atoms with Gasteiger partial charge in [-0.15, -0.1) is 0 Å². The van der Waals surface area contributed by atoms with Gasteiger partial charge in [0.2, 0.25) is 5.91 Å². The van der Waals surface area contributed by atoms with E-state index in [1.165, 1.54) is 24.1 Å². The molecule has 0 bridgehead atoms. The lowest BCUT2D eigenvalue weighted by molar-refractivity contribution is -0.115. The van der Waals surface area contributed by atoms with E-state index in [4.69, 9.17) is 0 Å². The van der Waals surface area contributed by atoms with Gasteiger partial charge in [0.15, 0.2) is 0 Å². The third-order valence-corrected chi connectivity index (χ3v) is 3.10. The Bertz CT molecular complexity index is 424. The Morgan fingerprint density at radius 2 is 2.20 bits per heavy atom. The van der Waals surface area contributed by atoms with Gasteiger partial charge in [-0.3, -0.25) is 4.79 Å². The number of nitrogens with zero attached hydrogens (tertiary/aromatic N) is 1. The lowest BCUT2D eigenvalue weighted by atomic mass is 10.1. The predicted octanol–water partition coefficient (Wildman–Crippen LogP) is 1.92. The van der Waals surface area contributed by atoms with E-state index in [0.717, 1.165) is 5.69 Å². The molecule has 2 aliphatic rings. The van der Waals surface area contributed by atoms with Gasteiger partial charge in [-0.25, -0.2) is 0 Å². The Kier molecular flexibility index (Phi) is 1.75. The number of carbonyl (C=O) groups is 1. The zero-order valence-corrected chi connectivity index (χ0v) is 8.79. The molecular formula is C12H14N2O. The fraction of sp³-hybridized carbons (Fsp3) is 0.417. The average Bonchev–Trinajstić information content (AvgIpc) is 2.99. The van der Waals surface area contributed by atoms with Gasteiger partial charge in [-0.1, -0.05) is 12.1 Å². The van der Waals surface area contributed by atoms with E-state index in [0.29, 0.717) is 12.6 Å². The minimum absolute atomic E-state index is 0.111. The van der Waals surface area contributed by atoms with E-state index in [9.17, 15) is 4.79 Å². The molecule has 15 heavy (non-hydrogen) atoms. The topological polar surface area (TPSA) is 32.3 Å². The van der Waals surface area contributed by atoms with Gasteiger partial charge in [-0.05, 0) is 31.4 Å². The first-order valence-electron chi connectivity index (χ1n) is 5.42. The third kappa shape index (κ3) is 1.39. The van der Waals surface area contributed by atoms with Crippen LogP contribution in [0.15, 0.2) is 18.2 Å². The third-order valence-electron chi connectivity index (χ3n) is 3.10. The summed E-state index contributed by atoms with van der Waals surface area (Å²) in [6.45, 7) is 2.62. The van der Waals surface area contributed by atoms with Crippen LogP contribution in [0, 0.1) is 6.92 Å². The number of amides is 1. The van der Waals surface area contributed by atoms with Crippen molar-refractivity contribution in [1.29, 1.82) is 0 Å². The second kappa shape index (κ2) is 2.99. The van der Waals surface area contributed by atoms with Crippen LogP contribution in [0.5, 0.6) is 0 Å². The molecule has 1 saturated carbocycles. The molecule has 3 heteroatoms. The highest BCUT2D eigenvalue weighted by Gasteiger charge is 2.35. The number of carbonyl (C=O) groups excluding carboxylic acids is 1. The van der Waals surface area contributed by atoms with E-state index >= 15 is 0 Å². The summed E-state index contributed by atoms with van der Waals surface area (Å²) in [7, 11) is 0. The van der Waals surface area contributed by atoms with Crippen LogP contribution in [0.2, 0.25) is 0 Å². The maximum absolute atomic E-state index is 11.5. The van der Waals surface area contributed by atoms with E-state index in [1.807, 2.05) is 12.1 Å². The first-order chi connectivity index (χ1) is 7.25. The summed E-state index contributed by atoms with van der Waals surface area (Å²) in [5.41, 5.74) is 3.44. The molecule has 1 aromatic rings. The Labute approximate surface area is 89.1 Å². The molecule has 78 valence electrons. The molecule has 1 amide bonds. The van der Waals surface area contributed by atoms with Gasteiger partial charge in [0, 0.05) is 6.04 Å². The van der Waals surface area contributed by atoms with Crippen molar-refractivity contribution >= 4 is 17.3 Å². The summed E-state index contributed by atoms with van der Waals surface area (Å²) < 4.78 is 0. The molecule has 1 fully saturated rings. The summed E-state index contributed by atoms with van der Waals surface area (Å²) >= 11 is 0. The quantitative estimate of drug-likeness (QED) is 0.754. The van der Waals surface area contributed by atoms with Gasteiger partial charge >= 0.3 is 0 Å². The molecule has 0 aromatic heterocycles. The van der Waals surface area contributed by atoms with E-state index in [-0.39, 0.29) is 5.91 Å². The molecule has 3 nitrogen and oxygen atoms in total. The molecule has 1 aliphatic carbocycles. The van der Waals surface area contributed by atoms with E-state index < -0.39 is 0 Å². The number of anilines is 2. The number of aryl methyl sites for hydroxylation is 1. The smallest absolute Gasteiger partial charge is 0.243 e. The first kappa shape index (κ1) is 8.77. The van der Waals surface area contributed by atoms with Crippen molar-refractivity contribution in [1.82, 2.24) is 0 Å². The van der Waals surface area contributed by atoms with Crippen molar-refractivity contribution in [2.45, 2.75) is 25.8 Å². The molecule has 0 radical (unpaired) electrons. The number of fused-ring (bicyclic) bond motifs is 1. The fourth-order valence-corrected chi connectivity index (χ4v) is 2.26. The van der Waals surface area contributed by atoms with Crippen molar-refractivity contribution in [2.75, 3.05) is 16.8 Å². The Morgan fingerprint density at radius 1 is 1.40 bits per heavy atom. The van der Waals surface area contributed by atoms with Crippen LogP contribution in [0.1, 0.15) is 18.4 Å². The Hall–Kier alpha value is -1.51. The largest absolute Gasteiger partial charge is 0.357 e. The van der Waals surface area contributed by atoms with Crippen molar-refractivity contribution in [3.63, 3.8) is 0 Å². The zero-order valence-electron chi connectivity index (χ0n) is 8.79. The second-order valence-corrected chi connectivity index (χ2v) is 4.38. The molecule has 1 aliphatic heterocycles. The van der Waals surface area contributed by atoms with Gasteiger partial charge in [0.25, 0.3) is 0 Å². The van der Waals surface area contributed by atoms with Gasteiger partial charge in [-0.2, -0.15) is 0 Å². The fourth-order valence-electron chi connectivity index (χ4n) is 2.26. The van der Waals surface area contributed by atoms with Gasteiger partial charge < -0.3 is 10.2 Å². The molecule has 0 atom stereocenters. The van der Waals surface area contributed by atoms with Crippen molar-refractivity contribution in [2.24, 2.45) is 0 Å². The van der Waals surface area contributed by atoms with Crippen LogP contribution in [0.25, 0.3) is 0 Å². The maximum atomic E-state index is 11.5. The van der Waals surface area contributed by atoms with E-state index in [1.54, 1.807) is 0 Å². The number of benzene rings is 1. The first-order valence-corrected chi connectivity index (χ1v) is 5.42. The van der Waals surface area contributed by atoms with Gasteiger partial charge in [0.1, 0.15) is 0 Å². The highest BCUT2D eigenvalue weighted by atomic mass is 16.2. The Morgan fingerprint density at radius 3 is 2.93 bits per heavy atom. The van der Waals surface area contributed by atoms with Gasteiger partial charge in [0.05, 0.1) is 17.9 Å². The number of nitrogens with one attached hydrogen (secondary N) is 1. The molecule has 1 heterocycles. The second-order valence-electron chi connectivity index (χ2n) is 4.38. The molecular weight excluding hydrogens is 188 g/mol. The minimum Gasteiger partial charge on any atom is -0.357 e. The highest BCUT2D eigenvalue weighted by Crippen LogP contribution is 2.39. The number of para-hydroxylation sites is 1. The molecule has 1 N–H and O–H groups in total. The summed E-state index contributed by atoms with van der Waals surface area (Å²) in [6.07, 6.45) is 2.45. The van der Waals surface area contributed by atoms with Crippen LogP contribution < -0.4 is 10.2 Å². The highest BCUT2D eigenvalue weighted by molar-refractivity contribution is 6.02. The lowest BCUT2D eigenvalue weighted by Crippen LogP contribution is -2.40. The zero-order chi connectivity index (χ0) is 10.4. The van der Waals surface area contributed by atoms with Crippen molar-refractivity contribution in [3.05, 3.63) is 23.8 Å². The van der Waals surface area contributed by atoms with Crippen molar-refractivity contribution < 1.29 is 4.79 Å². The number of hydrogen-bond donors (Lipinski definition) is 1. The Balaban J connectivity index is 2.10.